The SMILES string of the molecule is CNCCC(C)(C(=O)O)c1ccc2c(c1)CC(=O)N2. The van der Waals surface area contributed by atoms with Crippen molar-refractivity contribution in [3.05, 3.63) is 29.3 Å². The number of carbonyl (C=O) groups excluding carboxylic acids is 1. The second kappa shape index (κ2) is 5.01. The molecule has 0 saturated carbocycles. The minimum atomic E-state index is -0.941. The molecule has 1 unspecified atom stereocenters. The van der Waals surface area contributed by atoms with Crippen molar-refractivity contribution < 1.29 is 14.7 Å². The number of fused-ring (bicyclic) bond motifs is 1. The number of anilines is 1. The van der Waals surface area contributed by atoms with Gasteiger partial charge in [-0.2, -0.15) is 0 Å². The van der Waals surface area contributed by atoms with Crippen molar-refractivity contribution in [1.29, 1.82) is 0 Å². The van der Waals surface area contributed by atoms with E-state index in [-0.39, 0.29) is 5.91 Å². The molecule has 0 spiro atoms. The normalized spacial score (nSPS) is 16.6. The largest absolute Gasteiger partial charge is 0.481 e. The van der Waals surface area contributed by atoms with Crippen molar-refractivity contribution in [3.8, 4) is 0 Å². The number of aliphatic carboxylic acids is 1. The number of carbonyl (C=O) groups is 2. The van der Waals surface area contributed by atoms with Crippen molar-refractivity contribution in [1.82, 2.24) is 5.32 Å². The van der Waals surface area contributed by atoms with Crippen LogP contribution in [0, 0.1) is 0 Å². The fraction of sp³-hybridized carbons (Fsp3) is 0.429. The van der Waals surface area contributed by atoms with Crippen LogP contribution in [-0.2, 0) is 21.4 Å². The average Bonchev–Trinajstić information content (AvgIpc) is 2.74. The Bertz CT molecular complexity index is 527. The van der Waals surface area contributed by atoms with Crippen LogP contribution in [0.2, 0.25) is 0 Å². The summed E-state index contributed by atoms with van der Waals surface area (Å²) in [7, 11) is 1.80. The fourth-order valence-electron chi connectivity index (χ4n) is 2.32. The maximum absolute atomic E-state index is 11.6. The zero-order valence-corrected chi connectivity index (χ0v) is 11.1. The van der Waals surface area contributed by atoms with E-state index in [9.17, 15) is 14.7 Å². The second-order valence-electron chi connectivity index (χ2n) is 5.09. The Morgan fingerprint density at radius 2 is 2.26 bits per heavy atom. The Balaban J connectivity index is 2.36. The highest BCUT2D eigenvalue weighted by atomic mass is 16.4. The zero-order chi connectivity index (χ0) is 14.0. The first-order valence-electron chi connectivity index (χ1n) is 6.28. The van der Waals surface area contributed by atoms with Gasteiger partial charge in [-0.25, -0.2) is 0 Å². The lowest BCUT2D eigenvalue weighted by molar-refractivity contribution is -0.143. The van der Waals surface area contributed by atoms with Crippen molar-refractivity contribution in [2.75, 3.05) is 18.9 Å². The Labute approximate surface area is 112 Å². The van der Waals surface area contributed by atoms with Gasteiger partial charge in [0.15, 0.2) is 0 Å². The first-order valence-corrected chi connectivity index (χ1v) is 6.28. The molecule has 5 heteroatoms. The number of hydrogen-bond donors (Lipinski definition) is 3. The van der Waals surface area contributed by atoms with Crippen molar-refractivity contribution in [3.63, 3.8) is 0 Å². The average molecular weight is 262 g/mol. The lowest BCUT2D eigenvalue weighted by atomic mass is 9.79. The molecule has 1 heterocycles. The predicted molar refractivity (Wildman–Crippen MR) is 72.3 cm³/mol. The van der Waals surface area contributed by atoms with Gasteiger partial charge in [0.05, 0.1) is 11.8 Å². The number of carboxylic acid groups (broad SMARTS) is 1. The molecular weight excluding hydrogens is 244 g/mol. The number of carboxylic acids is 1. The lowest BCUT2D eigenvalue weighted by Gasteiger charge is -2.25. The number of benzene rings is 1. The smallest absolute Gasteiger partial charge is 0.313 e. The van der Waals surface area contributed by atoms with Crippen LogP contribution in [0.1, 0.15) is 24.5 Å². The van der Waals surface area contributed by atoms with Crippen LogP contribution >= 0.6 is 0 Å². The number of amides is 1. The number of hydrogen-bond acceptors (Lipinski definition) is 3. The number of rotatable bonds is 5. The first kappa shape index (κ1) is 13.5. The summed E-state index contributed by atoms with van der Waals surface area (Å²) in [5, 5.41) is 15.2. The first-order chi connectivity index (χ1) is 8.97. The topological polar surface area (TPSA) is 78.4 Å². The van der Waals surface area contributed by atoms with Gasteiger partial charge < -0.3 is 15.7 Å². The van der Waals surface area contributed by atoms with Crippen LogP contribution in [-0.4, -0.2) is 30.6 Å². The van der Waals surface area contributed by atoms with E-state index in [0.717, 1.165) is 16.8 Å². The van der Waals surface area contributed by atoms with Crippen molar-refractivity contribution >= 4 is 17.6 Å². The minimum Gasteiger partial charge on any atom is -0.481 e. The van der Waals surface area contributed by atoms with Crippen LogP contribution < -0.4 is 10.6 Å². The van der Waals surface area contributed by atoms with Gasteiger partial charge in [-0.1, -0.05) is 12.1 Å². The molecule has 1 aliphatic heterocycles. The maximum Gasteiger partial charge on any atom is 0.313 e. The highest BCUT2D eigenvalue weighted by Gasteiger charge is 2.35. The zero-order valence-electron chi connectivity index (χ0n) is 11.1. The molecule has 1 amide bonds. The summed E-state index contributed by atoms with van der Waals surface area (Å²) in [6.07, 6.45) is 0.823. The van der Waals surface area contributed by atoms with Gasteiger partial charge in [-0.05, 0) is 44.1 Å². The summed E-state index contributed by atoms with van der Waals surface area (Å²) in [5.74, 6) is -0.889. The molecule has 0 saturated heterocycles. The summed E-state index contributed by atoms with van der Waals surface area (Å²) >= 11 is 0. The molecule has 5 nitrogen and oxygen atoms in total. The van der Waals surface area contributed by atoms with Gasteiger partial charge in [0.25, 0.3) is 0 Å². The molecule has 19 heavy (non-hydrogen) atoms. The van der Waals surface area contributed by atoms with Crippen LogP contribution in [0.4, 0.5) is 5.69 Å². The van der Waals surface area contributed by atoms with E-state index in [1.54, 1.807) is 26.1 Å². The summed E-state index contributed by atoms with van der Waals surface area (Å²) in [6, 6.07) is 5.40. The van der Waals surface area contributed by atoms with Crippen LogP contribution in [0.3, 0.4) is 0 Å². The summed E-state index contributed by atoms with van der Waals surface area (Å²) in [5.41, 5.74) is 1.46. The Morgan fingerprint density at radius 3 is 2.89 bits per heavy atom. The molecule has 102 valence electrons. The molecule has 0 bridgehead atoms. The van der Waals surface area contributed by atoms with Gasteiger partial charge in [0, 0.05) is 5.69 Å². The van der Waals surface area contributed by atoms with E-state index >= 15 is 0 Å². The molecule has 1 atom stereocenters. The molecule has 0 fully saturated rings. The maximum atomic E-state index is 11.6. The third kappa shape index (κ3) is 2.46. The molecule has 0 aromatic heterocycles. The van der Waals surface area contributed by atoms with Gasteiger partial charge in [0.1, 0.15) is 0 Å². The summed E-state index contributed by atoms with van der Waals surface area (Å²) in [6.45, 7) is 2.34. The highest BCUT2D eigenvalue weighted by molar-refractivity contribution is 5.99. The highest BCUT2D eigenvalue weighted by Crippen LogP contribution is 2.32. The van der Waals surface area contributed by atoms with Crippen molar-refractivity contribution in [2.24, 2.45) is 0 Å². The molecule has 1 aliphatic rings. The van der Waals surface area contributed by atoms with Gasteiger partial charge in [0.2, 0.25) is 5.91 Å². The van der Waals surface area contributed by atoms with E-state index in [1.165, 1.54) is 0 Å². The molecule has 3 N–H and O–H groups in total. The minimum absolute atomic E-state index is 0.0422. The third-order valence-electron chi connectivity index (χ3n) is 3.71. The molecular formula is C14H18N2O3. The quantitative estimate of drug-likeness (QED) is 0.743. The van der Waals surface area contributed by atoms with E-state index in [4.69, 9.17) is 0 Å². The van der Waals surface area contributed by atoms with Crippen molar-refractivity contribution in [2.45, 2.75) is 25.2 Å². The molecule has 2 rings (SSSR count). The number of nitrogens with one attached hydrogen (secondary N) is 2. The molecule has 1 aromatic carbocycles. The fourth-order valence-corrected chi connectivity index (χ4v) is 2.32. The van der Waals surface area contributed by atoms with E-state index < -0.39 is 11.4 Å². The molecule has 0 aliphatic carbocycles. The van der Waals surface area contributed by atoms with Gasteiger partial charge in [-0.3, -0.25) is 9.59 Å². The second-order valence-corrected chi connectivity index (χ2v) is 5.09. The summed E-state index contributed by atoms with van der Waals surface area (Å²) < 4.78 is 0. The van der Waals surface area contributed by atoms with Crippen LogP contribution in [0.15, 0.2) is 18.2 Å². The molecule has 0 radical (unpaired) electrons. The third-order valence-corrected chi connectivity index (χ3v) is 3.71. The standard InChI is InChI=1S/C14H18N2O3/c1-14(13(18)19,5-6-15-2)10-3-4-11-9(7-10)8-12(17)16-11/h3-4,7,15H,5-6,8H2,1-2H3,(H,16,17)(H,18,19). The Kier molecular flexibility index (Phi) is 3.57. The van der Waals surface area contributed by atoms with Gasteiger partial charge >= 0.3 is 5.97 Å². The molecule has 1 aromatic rings. The van der Waals surface area contributed by atoms with E-state index in [0.29, 0.717) is 19.4 Å². The monoisotopic (exact) mass is 262 g/mol. The Hall–Kier alpha value is -1.88. The Morgan fingerprint density at radius 1 is 1.53 bits per heavy atom. The van der Waals surface area contributed by atoms with Crippen LogP contribution in [0.25, 0.3) is 0 Å². The van der Waals surface area contributed by atoms with E-state index in [1.807, 2.05) is 6.07 Å². The van der Waals surface area contributed by atoms with Gasteiger partial charge in [-0.15, -0.1) is 0 Å². The predicted octanol–water partition coefficient (Wildman–Crippen LogP) is 1.13. The lowest BCUT2D eigenvalue weighted by Crippen LogP contribution is -2.35. The summed E-state index contributed by atoms with van der Waals surface area (Å²) in [4.78, 5) is 22.9. The van der Waals surface area contributed by atoms with E-state index in [2.05, 4.69) is 10.6 Å². The van der Waals surface area contributed by atoms with Crippen LogP contribution in [0.5, 0.6) is 0 Å².